The van der Waals surface area contributed by atoms with Crippen molar-refractivity contribution in [3.63, 3.8) is 0 Å². The van der Waals surface area contributed by atoms with E-state index in [4.69, 9.17) is 14.6 Å². The molecule has 1 atom stereocenters. The standard InChI is InChI=1S/C30H40O5S/c1-5-34-27(32)16-15-24-13-9-14-26(21-24)30(4,18-10-17-29(2,3)23-36-20-19-31)28(33)35-22-25-11-7-6-8-12-25/h6-9,11-16,21,31H,5,10,17-20,22-23H2,1-4H3/b16-15+. The summed E-state index contributed by atoms with van der Waals surface area (Å²) < 4.78 is 10.8. The maximum atomic E-state index is 13.5. The summed E-state index contributed by atoms with van der Waals surface area (Å²) in [6, 6.07) is 17.4. The molecule has 0 aromatic heterocycles. The second-order valence-corrected chi connectivity index (χ2v) is 11.0. The molecule has 0 saturated carbocycles. The quantitative estimate of drug-likeness (QED) is 0.174. The van der Waals surface area contributed by atoms with Gasteiger partial charge >= 0.3 is 11.9 Å². The first-order valence-corrected chi connectivity index (χ1v) is 13.7. The van der Waals surface area contributed by atoms with Crippen molar-refractivity contribution in [3.05, 3.63) is 77.4 Å². The van der Waals surface area contributed by atoms with Gasteiger partial charge in [-0.2, -0.15) is 11.8 Å². The number of ether oxygens (including phenoxy) is 2. The Kier molecular flexibility index (Phi) is 12.2. The van der Waals surface area contributed by atoms with E-state index in [0.29, 0.717) is 13.0 Å². The molecule has 1 N–H and O–H groups in total. The lowest BCUT2D eigenvalue weighted by Crippen LogP contribution is -2.35. The molecule has 0 fully saturated rings. The van der Waals surface area contributed by atoms with Crippen LogP contribution >= 0.6 is 11.8 Å². The van der Waals surface area contributed by atoms with Gasteiger partial charge in [-0.1, -0.05) is 74.9 Å². The number of carbonyl (C=O) groups is 2. The molecule has 2 aromatic carbocycles. The monoisotopic (exact) mass is 512 g/mol. The van der Waals surface area contributed by atoms with Crippen molar-refractivity contribution >= 4 is 29.8 Å². The molecule has 0 saturated heterocycles. The molecule has 0 aliphatic carbocycles. The second kappa shape index (κ2) is 14.9. The highest BCUT2D eigenvalue weighted by Gasteiger charge is 2.37. The summed E-state index contributed by atoms with van der Waals surface area (Å²) in [5, 5.41) is 9.08. The predicted octanol–water partition coefficient (Wildman–Crippen LogP) is 6.19. The topological polar surface area (TPSA) is 72.8 Å². The van der Waals surface area contributed by atoms with Crippen molar-refractivity contribution in [2.45, 2.75) is 59.0 Å². The van der Waals surface area contributed by atoms with Crippen LogP contribution in [0.5, 0.6) is 0 Å². The number of benzene rings is 2. The average molecular weight is 513 g/mol. The summed E-state index contributed by atoms with van der Waals surface area (Å²) >= 11 is 1.75. The molecule has 0 aliphatic heterocycles. The molecule has 0 radical (unpaired) electrons. The summed E-state index contributed by atoms with van der Waals surface area (Å²) in [5.74, 6) is 1.04. The number of thioether (sulfide) groups is 1. The normalized spacial score (nSPS) is 13.4. The molecule has 0 amide bonds. The van der Waals surface area contributed by atoms with Gasteiger partial charge in [-0.15, -0.1) is 0 Å². The van der Waals surface area contributed by atoms with E-state index in [0.717, 1.165) is 41.0 Å². The van der Waals surface area contributed by atoms with E-state index in [-0.39, 0.29) is 24.6 Å². The smallest absolute Gasteiger partial charge is 0.330 e. The average Bonchev–Trinajstić information content (AvgIpc) is 2.87. The molecule has 0 heterocycles. The zero-order valence-electron chi connectivity index (χ0n) is 22.0. The fourth-order valence-corrected chi connectivity index (χ4v) is 4.96. The Morgan fingerprint density at radius 3 is 2.44 bits per heavy atom. The van der Waals surface area contributed by atoms with Crippen molar-refractivity contribution in [1.82, 2.24) is 0 Å². The molecule has 196 valence electrons. The molecular weight excluding hydrogens is 472 g/mol. The number of hydrogen-bond donors (Lipinski definition) is 1. The molecule has 2 aromatic rings. The summed E-state index contributed by atoms with van der Waals surface area (Å²) in [6.45, 7) is 8.90. The Hall–Kier alpha value is -2.57. The molecule has 2 rings (SSSR count). The van der Waals surface area contributed by atoms with Crippen molar-refractivity contribution in [2.75, 3.05) is 24.7 Å². The number of aliphatic hydroxyl groups is 1. The van der Waals surface area contributed by atoms with Gasteiger partial charge in [-0.3, -0.25) is 4.79 Å². The molecule has 36 heavy (non-hydrogen) atoms. The summed E-state index contributed by atoms with van der Waals surface area (Å²) in [4.78, 5) is 25.3. The number of carbonyl (C=O) groups excluding carboxylic acids is 2. The van der Waals surface area contributed by atoms with Crippen molar-refractivity contribution in [3.8, 4) is 0 Å². The fraction of sp³-hybridized carbons (Fsp3) is 0.467. The lowest BCUT2D eigenvalue weighted by atomic mass is 9.76. The van der Waals surface area contributed by atoms with Crippen LogP contribution in [0.4, 0.5) is 0 Å². The van der Waals surface area contributed by atoms with E-state index >= 15 is 0 Å². The first kappa shape index (κ1) is 29.7. The highest BCUT2D eigenvalue weighted by molar-refractivity contribution is 7.99. The summed E-state index contributed by atoms with van der Waals surface area (Å²) in [5.41, 5.74) is 1.89. The third-order valence-electron chi connectivity index (χ3n) is 6.14. The second-order valence-electron chi connectivity index (χ2n) is 9.90. The van der Waals surface area contributed by atoms with Crippen molar-refractivity contribution in [1.29, 1.82) is 0 Å². The Labute approximate surface area is 220 Å². The summed E-state index contributed by atoms with van der Waals surface area (Å²) in [6.07, 6.45) is 5.56. The zero-order valence-corrected chi connectivity index (χ0v) is 22.8. The van der Waals surface area contributed by atoms with Crippen LogP contribution in [0.15, 0.2) is 60.7 Å². The van der Waals surface area contributed by atoms with Crippen molar-refractivity contribution in [2.24, 2.45) is 5.41 Å². The Morgan fingerprint density at radius 2 is 1.75 bits per heavy atom. The van der Waals surface area contributed by atoms with Gasteiger partial charge in [-0.05, 0) is 60.6 Å². The minimum atomic E-state index is -0.836. The largest absolute Gasteiger partial charge is 0.463 e. The van der Waals surface area contributed by atoms with Crippen LogP contribution in [0, 0.1) is 5.41 Å². The van der Waals surface area contributed by atoms with Crippen LogP contribution in [0.2, 0.25) is 0 Å². The van der Waals surface area contributed by atoms with Gasteiger partial charge in [0.15, 0.2) is 0 Å². The zero-order chi connectivity index (χ0) is 26.4. The fourth-order valence-electron chi connectivity index (χ4n) is 3.99. The van der Waals surface area contributed by atoms with E-state index in [2.05, 4.69) is 13.8 Å². The third-order valence-corrected chi connectivity index (χ3v) is 7.60. The number of esters is 2. The van der Waals surface area contributed by atoms with Crippen molar-refractivity contribution < 1.29 is 24.2 Å². The van der Waals surface area contributed by atoms with E-state index in [9.17, 15) is 9.59 Å². The molecule has 6 heteroatoms. The molecule has 5 nitrogen and oxygen atoms in total. The number of hydrogen-bond acceptors (Lipinski definition) is 6. The molecule has 1 unspecified atom stereocenters. The van der Waals surface area contributed by atoms with Crippen LogP contribution in [0.25, 0.3) is 6.08 Å². The van der Waals surface area contributed by atoms with Gasteiger partial charge in [0.2, 0.25) is 0 Å². The van der Waals surface area contributed by atoms with Gasteiger partial charge in [-0.25, -0.2) is 4.79 Å². The third kappa shape index (κ3) is 9.82. The lowest BCUT2D eigenvalue weighted by molar-refractivity contribution is -0.152. The maximum Gasteiger partial charge on any atom is 0.330 e. The van der Waals surface area contributed by atoms with Gasteiger partial charge in [0.25, 0.3) is 0 Å². The molecular formula is C30H40O5S. The lowest BCUT2D eigenvalue weighted by Gasteiger charge is -2.31. The van der Waals surface area contributed by atoms with Gasteiger partial charge in [0.05, 0.1) is 18.6 Å². The van der Waals surface area contributed by atoms with E-state index in [1.54, 1.807) is 24.8 Å². The Morgan fingerprint density at radius 1 is 1.00 bits per heavy atom. The molecule has 0 aliphatic rings. The SMILES string of the molecule is CCOC(=O)/C=C/c1cccc(C(C)(CCCC(C)(C)CSCCO)C(=O)OCc2ccccc2)c1. The van der Waals surface area contributed by atoms with Crippen LogP contribution in [-0.2, 0) is 31.1 Å². The maximum absolute atomic E-state index is 13.5. The van der Waals surface area contributed by atoms with E-state index in [1.807, 2.05) is 61.5 Å². The Balaban J connectivity index is 2.21. The highest BCUT2D eigenvalue weighted by atomic mass is 32.2. The number of rotatable bonds is 15. The minimum Gasteiger partial charge on any atom is -0.463 e. The van der Waals surface area contributed by atoms with E-state index in [1.165, 1.54) is 6.08 Å². The number of aliphatic hydroxyl groups excluding tert-OH is 1. The van der Waals surface area contributed by atoms with Gasteiger partial charge in [0, 0.05) is 11.8 Å². The van der Waals surface area contributed by atoms with E-state index < -0.39 is 11.4 Å². The van der Waals surface area contributed by atoms with Crippen LogP contribution in [0.1, 0.15) is 63.6 Å². The van der Waals surface area contributed by atoms with Gasteiger partial charge < -0.3 is 14.6 Å². The summed E-state index contributed by atoms with van der Waals surface area (Å²) in [7, 11) is 0. The first-order chi connectivity index (χ1) is 17.2. The van der Waals surface area contributed by atoms with Crippen LogP contribution < -0.4 is 0 Å². The highest BCUT2D eigenvalue weighted by Crippen LogP contribution is 2.36. The predicted molar refractivity (Wildman–Crippen MR) is 148 cm³/mol. The van der Waals surface area contributed by atoms with Crippen LogP contribution in [0.3, 0.4) is 0 Å². The first-order valence-electron chi connectivity index (χ1n) is 12.6. The van der Waals surface area contributed by atoms with Crippen LogP contribution in [-0.4, -0.2) is 41.8 Å². The minimum absolute atomic E-state index is 0.0961. The Bertz CT molecular complexity index is 986. The molecule has 0 bridgehead atoms. The van der Waals surface area contributed by atoms with Gasteiger partial charge in [0.1, 0.15) is 6.61 Å². The molecule has 0 spiro atoms.